The van der Waals surface area contributed by atoms with E-state index in [1.165, 1.54) is 11.3 Å². The fourth-order valence-electron chi connectivity index (χ4n) is 3.01. The Hall–Kier alpha value is -1.46. The Morgan fingerprint density at radius 3 is 2.90 bits per heavy atom. The molecule has 3 rings (SSSR count). The SMILES string of the molecule is Cc1cc2ncc(C(C)NCC3CCOCC3)c(C)n2n1. The highest BCUT2D eigenvalue weighted by Gasteiger charge is 2.17. The maximum Gasteiger partial charge on any atom is 0.155 e. The van der Waals surface area contributed by atoms with Crippen molar-refractivity contribution in [1.82, 2.24) is 19.9 Å². The zero-order valence-electron chi connectivity index (χ0n) is 13.1. The van der Waals surface area contributed by atoms with E-state index in [0.717, 1.165) is 49.9 Å². The summed E-state index contributed by atoms with van der Waals surface area (Å²) in [5, 5.41) is 8.16. The summed E-state index contributed by atoms with van der Waals surface area (Å²) in [5.74, 6) is 0.727. The van der Waals surface area contributed by atoms with Gasteiger partial charge in [0.05, 0.1) is 5.69 Å². The molecule has 1 atom stereocenters. The number of ether oxygens (including phenoxy) is 1. The average Bonchev–Trinajstić information content (AvgIpc) is 2.88. The summed E-state index contributed by atoms with van der Waals surface area (Å²) < 4.78 is 7.35. The quantitative estimate of drug-likeness (QED) is 0.939. The van der Waals surface area contributed by atoms with Crippen LogP contribution >= 0.6 is 0 Å². The van der Waals surface area contributed by atoms with Gasteiger partial charge >= 0.3 is 0 Å². The Bertz CT molecular complexity index is 616. The Balaban J connectivity index is 1.71. The number of fused-ring (bicyclic) bond motifs is 1. The first-order valence-electron chi connectivity index (χ1n) is 7.78. The second-order valence-corrected chi connectivity index (χ2v) is 6.04. The van der Waals surface area contributed by atoms with Crippen molar-refractivity contribution in [3.05, 3.63) is 29.2 Å². The molecule has 1 aliphatic rings. The highest BCUT2D eigenvalue weighted by molar-refractivity contribution is 5.42. The van der Waals surface area contributed by atoms with Gasteiger partial charge in [-0.25, -0.2) is 9.50 Å². The Morgan fingerprint density at radius 1 is 1.38 bits per heavy atom. The highest BCUT2D eigenvalue weighted by atomic mass is 16.5. The average molecular weight is 288 g/mol. The minimum Gasteiger partial charge on any atom is -0.381 e. The summed E-state index contributed by atoms with van der Waals surface area (Å²) in [4.78, 5) is 4.52. The Labute approximate surface area is 125 Å². The summed E-state index contributed by atoms with van der Waals surface area (Å²) in [6, 6.07) is 2.30. The molecule has 0 saturated carbocycles. The molecule has 1 N–H and O–H groups in total. The largest absolute Gasteiger partial charge is 0.381 e. The third kappa shape index (κ3) is 3.09. The lowest BCUT2D eigenvalue weighted by Crippen LogP contribution is -2.30. The first-order chi connectivity index (χ1) is 10.1. The van der Waals surface area contributed by atoms with Gasteiger partial charge in [0.15, 0.2) is 5.65 Å². The summed E-state index contributed by atoms with van der Waals surface area (Å²) in [5.41, 5.74) is 4.31. The lowest BCUT2D eigenvalue weighted by atomic mass is 9.99. The molecular formula is C16H24N4O. The summed E-state index contributed by atoms with van der Waals surface area (Å²) in [6.45, 7) is 9.16. The van der Waals surface area contributed by atoms with E-state index >= 15 is 0 Å². The molecule has 3 heterocycles. The fourth-order valence-corrected chi connectivity index (χ4v) is 3.01. The van der Waals surface area contributed by atoms with Crippen molar-refractivity contribution in [2.75, 3.05) is 19.8 Å². The topological polar surface area (TPSA) is 51.5 Å². The monoisotopic (exact) mass is 288 g/mol. The van der Waals surface area contributed by atoms with E-state index in [-0.39, 0.29) is 6.04 Å². The van der Waals surface area contributed by atoms with Gasteiger partial charge in [0.2, 0.25) is 0 Å². The molecule has 2 aromatic rings. The van der Waals surface area contributed by atoms with Crippen LogP contribution in [0.15, 0.2) is 12.3 Å². The zero-order chi connectivity index (χ0) is 14.8. The van der Waals surface area contributed by atoms with Gasteiger partial charge in [-0.1, -0.05) is 0 Å². The number of nitrogens with zero attached hydrogens (tertiary/aromatic N) is 3. The van der Waals surface area contributed by atoms with E-state index in [0.29, 0.717) is 0 Å². The van der Waals surface area contributed by atoms with Crippen molar-refractivity contribution in [2.24, 2.45) is 5.92 Å². The number of nitrogens with one attached hydrogen (secondary N) is 1. The van der Waals surface area contributed by atoms with Crippen LogP contribution in [0.25, 0.3) is 5.65 Å². The van der Waals surface area contributed by atoms with Crippen LogP contribution < -0.4 is 5.32 Å². The number of hydrogen-bond acceptors (Lipinski definition) is 4. The van der Waals surface area contributed by atoms with Crippen LogP contribution in [0.4, 0.5) is 0 Å². The van der Waals surface area contributed by atoms with Gasteiger partial charge in [-0.2, -0.15) is 5.10 Å². The highest BCUT2D eigenvalue weighted by Crippen LogP contribution is 2.20. The molecule has 1 fully saturated rings. The number of aryl methyl sites for hydroxylation is 2. The minimum atomic E-state index is 0.286. The standard InChI is InChI=1S/C16H24N4O/c1-11-8-16-18-10-15(13(3)20(16)19-11)12(2)17-9-14-4-6-21-7-5-14/h8,10,12,14,17H,4-7,9H2,1-3H3. The summed E-state index contributed by atoms with van der Waals surface area (Å²) in [7, 11) is 0. The van der Waals surface area contributed by atoms with Crippen LogP contribution in [0, 0.1) is 19.8 Å². The number of aromatic nitrogens is 3. The smallest absolute Gasteiger partial charge is 0.155 e. The lowest BCUT2D eigenvalue weighted by molar-refractivity contribution is 0.0656. The van der Waals surface area contributed by atoms with Gasteiger partial charge in [-0.3, -0.25) is 0 Å². The normalized spacial score (nSPS) is 18.2. The fraction of sp³-hybridized carbons (Fsp3) is 0.625. The van der Waals surface area contributed by atoms with E-state index in [1.807, 2.05) is 23.7 Å². The summed E-state index contributed by atoms with van der Waals surface area (Å²) >= 11 is 0. The lowest BCUT2D eigenvalue weighted by Gasteiger charge is -2.25. The Kier molecular flexibility index (Phi) is 4.22. The molecule has 1 saturated heterocycles. The van der Waals surface area contributed by atoms with Crippen LogP contribution in [0.5, 0.6) is 0 Å². The zero-order valence-corrected chi connectivity index (χ0v) is 13.1. The molecule has 114 valence electrons. The van der Waals surface area contributed by atoms with Gasteiger partial charge in [0.1, 0.15) is 0 Å². The van der Waals surface area contributed by atoms with Gasteiger partial charge < -0.3 is 10.1 Å². The van der Waals surface area contributed by atoms with E-state index in [9.17, 15) is 0 Å². The Morgan fingerprint density at radius 2 is 2.14 bits per heavy atom. The molecule has 0 bridgehead atoms. The molecule has 0 radical (unpaired) electrons. The third-order valence-electron chi connectivity index (χ3n) is 4.40. The third-order valence-corrected chi connectivity index (χ3v) is 4.40. The van der Waals surface area contributed by atoms with Gasteiger partial charge in [0.25, 0.3) is 0 Å². The second-order valence-electron chi connectivity index (χ2n) is 6.04. The van der Waals surface area contributed by atoms with E-state index in [2.05, 4.69) is 29.2 Å². The number of rotatable bonds is 4. The first-order valence-corrected chi connectivity index (χ1v) is 7.78. The van der Waals surface area contributed by atoms with Crippen molar-refractivity contribution >= 4 is 5.65 Å². The molecule has 5 nitrogen and oxygen atoms in total. The van der Waals surface area contributed by atoms with Crippen LogP contribution in [0.3, 0.4) is 0 Å². The predicted octanol–water partition coefficient (Wildman–Crippen LogP) is 2.42. The van der Waals surface area contributed by atoms with Crippen LogP contribution in [-0.4, -0.2) is 34.4 Å². The molecule has 5 heteroatoms. The van der Waals surface area contributed by atoms with Crippen LogP contribution in [0.1, 0.15) is 42.8 Å². The predicted molar refractivity (Wildman–Crippen MR) is 82.4 cm³/mol. The molecule has 0 spiro atoms. The molecule has 0 aromatic carbocycles. The maximum atomic E-state index is 5.41. The van der Waals surface area contributed by atoms with Crippen LogP contribution in [-0.2, 0) is 4.74 Å². The summed E-state index contributed by atoms with van der Waals surface area (Å²) in [6.07, 6.45) is 4.30. The first kappa shape index (κ1) is 14.5. The molecule has 21 heavy (non-hydrogen) atoms. The molecule has 1 unspecified atom stereocenters. The second kappa shape index (κ2) is 6.12. The van der Waals surface area contributed by atoms with Gasteiger partial charge in [-0.15, -0.1) is 0 Å². The molecule has 1 aliphatic heterocycles. The molecule has 0 aliphatic carbocycles. The number of hydrogen-bond donors (Lipinski definition) is 1. The minimum absolute atomic E-state index is 0.286. The van der Waals surface area contributed by atoms with Crippen molar-refractivity contribution in [3.8, 4) is 0 Å². The van der Waals surface area contributed by atoms with E-state index < -0.39 is 0 Å². The molecular weight excluding hydrogens is 264 g/mol. The van der Waals surface area contributed by atoms with E-state index in [4.69, 9.17) is 4.74 Å². The van der Waals surface area contributed by atoms with Crippen molar-refractivity contribution in [3.63, 3.8) is 0 Å². The molecule has 2 aromatic heterocycles. The maximum absolute atomic E-state index is 5.41. The van der Waals surface area contributed by atoms with Crippen molar-refractivity contribution in [2.45, 2.75) is 39.7 Å². The molecule has 0 amide bonds. The van der Waals surface area contributed by atoms with Crippen LogP contribution in [0.2, 0.25) is 0 Å². The van der Waals surface area contributed by atoms with Crippen molar-refractivity contribution < 1.29 is 4.74 Å². The van der Waals surface area contributed by atoms with E-state index in [1.54, 1.807) is 0 Å². The van der Waals surface area contributed by atoms with Gasteiger partial charge in [-0.05, 0) is 46.1 Å². The van der Waals surface area contributed by atoms with Gasteiger partial charge in [0, 0.05) is 42.8 Å². The van der Waals surface area contributed by atoms with Crippen molar-refractivity contribution in [1.29, 1.82) is 0 Å².